The first-order chi connectivity index (χ1) is 11.4. The summed E-state index contributed by atoms with van der Waals surface area (Å²) in [6.07, 6.45) is 2.03. The van der Waals surface area contributed by atoms with Crippen LogP contribution in [0.25, 0.3) is 10.8 Å². The summed E-state index contributed by atoms with van der Waals surface area (Å²) in [4.78, 5) is 0.266. The van der Waals surface area contributed by atoms with Crippen LogP contribution < -0.4 is 15.2 Å². The van der Waals surface area contributed by atoms with Gasteiger partial charge in [-0.25, -0.2) is 13.1 Å². The van der Waals surface area contributed by atoms with Gasteiger partial charge in [-0.05, 0) is 44.7 Å². The molecule has 0 amide bonds. The van der Waals surface area contributed by atoms with Crippen LogP contribution in [-0.2, 0) is 10.0 Å². The first kappa shape index (κ1) is 17.2. The Bertz CT molecular complexity index is 846. The number of ether oxygens (including phenoxy) is 1. The lowest BCUT2D eigenvalue weighted by molar-refractivity contribution is 0.344. The Morgan fingerprint density at radius 1 is 1.21 bits per heavy atom. The summed E-state index contributed by atoms with van der Waals surface area (Å²) in [6.45, 7) is 4.61. The van der Waals surface area contributed by atoms with Crippen LogP contribution in [-0.4, -0.2) is 27.1 Å². The van der Waals surface area contributed by atoms with Gasteiger partial charge in [0.15, 0.2) is 0 Å². The molecule has 24 heavy (non-hydrogen) atoms. The summed E-state index contributed by atoms with van der Waals surface area (Å²) in [5.41, 5.74) is 5.26. The molecular formula is C18H24N2O3S. The molecular weight excluding hydrogens is 324 g/mol. The molecule has 2 aromatic rings. The highest BCUT2D eigenvalue weighted by molar-refractivity contribution is 7.89. The normalized spacial score (nSPS) is 17.6. The lowest BCUT2D eigenvalue weighted by atomic mass is 9.98. The Hall–Kier alpha value is -1.63. The van der Waals surface area contributed by atoms with E-state index in [1.165, 1.54) is 0 Å². The molecule has 0 saturated heterocycles. The molecule has 1 atom stereocenters. The standard InChI is InChI=1S/C18H24N2O3S/c1-3-23-16-10-11-17(15-7-5-4-6-14(15)16)24(21,22)20-18(2,12-19)13-8-9-13/h4-7,10-11,13,20H,3,8-9,12,19H2,1-2H3. The van der Waals surface area contributed by atoms with Gasteiger partial charge in [-0.2, -0.15) is 0 Å². The van der Waals surface area contributed by atoms with E-state index in [-0.39, 0.29) is 11.4 Å². The zero-order valence-electron chi connectivity index (χ0n) is 14.1. The summed E-state index contributed by atoms with van der Waals surface area (Å²) >= 11 is 0. The number of nitrogens with two attached hydrogens (primary N) is 1. The summed E-state index contributed by atoms with van der Waals surface area (Å²) in [6, 6.07) is 10.7. The van der Waals surface area contributed by atoms with Crippen molar-refractivity contribution in [2.75, 3.05) is 13.2 Å². The van der Waals surface area contributed by atoms with Crippen molar-refractivity contribution in [2.24, 2.45) is 11.7 Å². The lowest BCUT2D eigenvalue weighted by Crippen LogP contribution is -2.52. The number of rotatable bonds is 7. The Morgan fingerprint density at radius 3 is 2.46 bits per heavy atom. The molecule has 3 rings (SSSR count). The predicted molar refractivity (Wildman–Crippen MR) is 95.6 cm³/mol. The highest BCUT2D eigenvalue weighted by Crippen LogP contribution is 2.40. The van der Waals surface area contributed by atoms with Gasteiger partial charge in [0.2, 0.25) is 10.0 Å². The van der Waals surface area contributed by atoms with E-state index in [1.54, 1.807) is 12.1 Å². The predicted octanol–water partition coefficient (Wildman–Crippen LogP) is 2.64. The Kier molecular flexibility index (Phi) is 4.55. The highest BCUT2D eigenvalue weighted by atomic mass is 32.2. The van der Waals surface area contributed by atoms with Gasteiger partial charge < -0.3 is 10.5 Å². The van der Waals surface area contributed by atoms with Gasteiger partial charge >= 0.3 is 0 Å². The number of hydrogen-bond acceptors (Lipinski definition) is 4. The van der Waals surface area contributed by atoms with Crippen LogP contribution in [0.5, 0.6) is 5.75 Å². The molecule has 3 N–H and O–H groups in total. The van der Waals surface area contributed by atoms with Crippen LogP contribution >= 0.6 is 0 Å². The van der Waals surface area contributed by atoms with E-state index in [4.69, 9.17) is 10.5 Å². The fraction of sp³-hybridized carbons (Fsp3) is 0.444. The average molecular weight is 348 g/mol. The molecule has 5 nitrogen and oxygen atoms in total. The largest absolute Gasteiger partial charge is 0.493 e. The molecule has 0 aliphatic heterocycles. The zero-order chi connectivity index (χ0) is 17.4. The van der Waals surface area contributed by atoms with Crippen molar-refractivity contribution >= 4 is 20.8 Å². The summed E-state index contributed by atoms with van der Waals surface area (Å²) in [5, 5.41) is 1.45. The smallest absolute Gasteiger partial charge is 0.241 e. The molecule has 0 bridgehead atoms. The molecule has 6 heteroatoms. The Labute approximate surface area is 143 Å². The highest BCUT2D eigenvalue weighted by Gasteiger charge is 2.43. The Balaban J connectivity index is 2.06. The van der Waals surface area contributed by atoms with Crippen molar-refractivity contribution in [1.29, 1.82) is 0 Å². The van der Waals surface area contributed by atoms with Gasteiger partial charge in [-0.15, -0.1) is 0 Å². The van der Waals surface area contributed by atoms with E-state index < -0.39 is 15.6 Å². The SMILES string of the molecule is CCOc1ccc(S(=O)(=O)NC(C)(CN)C2CC2)c2ccccc12. The molecule has 130 valence electrons. The molecule has 1 aliphatic rings. The molecule has 2 aromatic carbocycles. The number of nitrogens with one attached hydrogen (secondary N) is 1. The fourth-order valence-corrected chi connectivity index (χ4v) is 4.82. The third kappa shape index (κ3) is 3.14. The number of hydrogen-bond donors (Lipinski definition) is 2. The maximum atomic E-state index is 13.0. The Morgan fingerprint density at radius 2 is 1.88 bits per heavy atom. The van der Waals surface area contributed by atoms with E-state index in [0.29, 0.717) is 23.7 Å². The van der Waals surface area contributed by atoms with Crippen molar-refractivity contribution in [1.82, 2.24) is 4.72 Å². The second-order valence-corrected chi connectivity index (χ2v) is 8.19. The third-order valence-electron chi connectivity index (χ3n) is 4.70. The van der Waals surface area contributed by atoms with Gasteiger partial charge in [0.25, 0.3) is 0 Å². The van der Waals surface area contributed by atoms with Crippen LogP contribution in [0.4, 0.5) is 0 Å². The minimum absolute atomic E-state index is 0.266. The molecule has 1 aliphatic carbocycles. The molecule has 0 aromatic heterocycles. The molecule has 1 unspecified atom stereocenters. The lowest BCUT2D eigenvalue weighted by Gasteiger charge is -2.29. The minimum Gasteiger partial charge on any atom is -0.493 e. The first-order valence-corrected chi connectivity index (χ1v) is 9.78. The maximum absolute atomic E-state index is 13.0. The first-order valence-electron chi connectivity index (χ1n) is 8.30. The van der Waals surface area contributed by atoms with Gasteiger partial charge in [-0.1, -0.05) is 24.3 Å². The van der Waals surface area contributed by atoms with E-state index in [9.17, 15) is 8.42 Å². The summed E-state index contributed by atoms with van der Waals surface area (Å²) < 4.78 is 34.5. The van der Waals surface area contributed by atoms with Crippen molar-refractivity contribution in [3.63, 3.8) is 0 Å². The van der Waals surface area contributed by atoms with Gasteiger partial charge in [-0.3, -0.25) is 0 Å². The number of benzene rings is 2. The third-order valence-corrected chi connectivity index (χ3v) is 6.37. The van der Waals surface area contributed by atoms with Crippen LogP contribution in [0.3, 0.4) is 0 Å². The fourth-order valence-electron chi connectivity index (χ4n) is 3.13. The number of fused-ring (bicyclic) bond motifs is 1. The molecule has 0 spiro atoms. The van der Waals surface area contributed by atoms with Gasteiger partial charge in [0, 0.05) is 22.9 Å². The molecule has 0 radical (unpaired) electrons. The quantitative estimate of drug-likeness (QED) is 0.806. The molecule has 1 saturated carbocycles. The van der Waals surface area contributed by atoms with Crippen molar-refractivity contribution < 1.29 is 13.2 Å². The summed E-state index contributed by atoms with van der Waals surface area (Å²) in [5.74, 6) is 1.00. The molecule has 1 fully saturated rings. The monoisotopic (exact) mass is 348 g/mol. The van der Waals surface area contributed by atoms with Crippen molar-refractivity contribution in [2.45, 2.75) is 37.1 Å². The maximum Gasteiger partial charge on any atom is 0.241 e. The number of sulfonamides is 1. The van der Waals surface area contributed by atoms with E-state index in [1.807, 2.05) is 38.1 Å². The second-order valence-electron chi connectivity index (χ2n) is 6.54. The van der Waals surface area contributed by atoms with E-state index in [2.05, 4.69) is 4.72 Å². The average Bonchev–Trinajstić information content (AvgIpc) is 3.40. The van der Waals surface area contributed by atoms with Gasteiger partial charge in [0.05, 0.1) is 11.5 Å². The topological polar surface area (TPSA) is 81.4 Å². The zero-order valence-corrected chi connectivity index (χ0v) is 14.9. The van der Waals surface area contributed by atoms with Crippen molar-refractivity contribution in [3.05, 3.63) is 36.4 Å². The van der Waals surface area contributed by atoms with Crippen LogP contribution in [0.2, 0.25) is 0 Å². The molecule has 0 heterocycles. The summed E-state index contributed by atoms with van der Waals surface area (Å²) in [7, 11) is -3.68. The second kappa shape index (κ2) is 6.35. The van der Waals surface area contributed by atoms with Gasteiger partial charge in [0.1, 0.15) is 5.75 Å². The van der Waals surface area contributed by atoms with Crippen LogP contribution in [0.15, 0.2) is 41.3 Å². The van der Waals surface area contributed by atoms with E-state index in [0.717, 1.165) is 18.2 Å². The van der Waals surface area contributed by atoms with E-state index >= 15 is 0 Å². The van der Waals surface area contributed by atoms with Crippen LogP contribution in [0, 0.1) is 5.92 Å². The van der Waals surface area contributed by atoms with Crippen LogP contribution in [0.1, 0.15) is 26.7 Å². The van der Waals surface area contributed by atoms with Crippen molar-refractivity contribution in [3.8, 4) is 5.75 Å². The minimum atomic E-state index is -3.68.